The van der Waals surface area contributed by atoms with Crippen molar-refractivity contribution in [3.8, 4) is 0 Å². The Morgan fingerprint density at radius 3 is 1.93 bits per heavy atom. The minimum atomic E-state index is -5.17. The van der Waals surface area contributed by atoms with Crippen molar-refractivity contribution in [2.75, 3.05) is 26.4 Å². The molecule has 14 atom stereocenters. The van der Waals surface area contributed by atoms with Gasteiger partial charge in [0.25, 0.3) is 0 Å². The normalized spacial score (nSPS) is 43.0. The van der Waals surface area contributed by atoms with Crippen molar-refractivity contribution in [3.63, 3.8) is 0 Å². The molecule has 0 aliphatic carbocycles. The molecule has 21 nitrogen and oxygen atoms in total. The molecule has 3 aliphatic heterocycles. The van der Waals surface area contributed by atoms with Gasteiger partial charge in [-0.15, -0.1) is 0 Å². The molecule has 0 spiro atoms. The number of ether oxygens (including phenoxy) is 3. The van der Waals surface area contributed by atoms with Gasteiger partial charge in [-0.05, 0) is 0 Å². The molecular weight excluding hydrogens is 611 g/mol. The van der Waals surface area contributed by atoms with E-state index in [1.165, 1.54) is 0 Å². The van der Waals surface area contributed by atoms with Crippen LogP contribution in [-0.2, 0) is 36.8 Å². The van der Waals surface area contributed by atoms with E-state index in [-0.39, 0.29) is 10.5 Å². The molecule has 3 heterocycles. The van der Waals surface area contributed by atoms with Gasteiger partial charge in [0.2, 0.25) is 0 Å². The molecule has 0 saturated carbocycles. The number of hydrogen-bond acceptors (Lipinski definition) is 21. The summed E-state index contributed by atoms with van der Waals surface area (Å²) in [5.41, 5.74) is 0. The summed E-state index contributed by atoms with van der Waals surface area (Å²) in [4.78, 5) is 0. The first-order valence-corrected chi connectivity index (χ1v) is 14.7. The SMILES string of the molecule is OC[C@@H](O)[C@@H](O)[C@H](O)[C@H](O)C(O)OP1(O[SiH3])(OC[C@H]2O[C@H](O[C@]3(CO)O[C@H](CO)[C@@H](O)[C@@H]3O)[C@H](O)[C@@H](O)[C@@H]2O)OO1. The number of rotatable bonds is 15. The average Bonchev–Trinajstić information content (AvgIpc) is 3.65. The van der Waals surface area contributed by atoms with E-state index in [1.54, 1.807) is 0 Å². The van der Waals surface area contributed by atoms with Gasteiger partial charge in [0.1, 0.15) is 0 Å². The molecule has 0 aromatic heterocycles. The van der Waals surface area contributed by atoms with Crippen molar-refractivity contribution in [2.45, 2.75) is 85.5 Å². The fraction of sp³-hybridized carbons (Fsp3) is 1.00. The third kappa shape index (κ3) is 6.90. The Morgan fingerprint density at radius 1 is 0.805 bits per heavy atom. The van der Waals surface area contributed by atoms with Crippen LogP contribution < -0.4 is 0 Å². The van der Waals surface area contributed by atoms with E-state index in [4.69, 9.17) is 41.9 Å². The Bertz CT molecular complexity index is 857. The van der Waals surface area contributed by atoms with Gasteiger partial charge in [-0.25, -0.2) is 0 Å². The summed E-state index contributed by atoms with van der Waals surface area (Å²) in [6.07, 6.45) is -25.8. The molecule has 0 bridgehead atoms. The predicted octanol–water partition coefficient (Wildman–Crippen LogP) is -9.21. The molecule has 0 aromatic carbocycles. The van der Waals surface area contributed by atoms with Crippen LogP contribution in [0, 0.1) is 0 Å². The van der Waals surface area contributed by atoms with Crippen molar-refractivity contribution in [2.24, 2.45) is 0 Å². The summed E-state index contributed by atoms with van der Waals surface area (Å²) in [7, 11) is -5.44. The molecule has 3 aliphatic rings. The zero-order valence-electron chi connectivity index (χ0n) is 21.4. The molecule has 1 unspecified atom stereocenters. The molecule has 41 heavy (non-hydrogen) atoms. The molecule has 0 amide bonds. The van der Waals surface area contributed by atoms with Gasteiger partial charge in [-0.3, -0.25) is 0 Å². The van der Waals surface area contributed by atoms with Crippen molar-refractivity contribution >= 4 is 18.2 Å². The first-order chi connectivity index (χ1) is 19.1. The second-order valence-electron chi connectivity index (χ2n) is 9.47. The Balaban J connectivity index is 1.70. The first-order valence-electron chi connectivity index (χ1n) is 12.1. The van der Waals surface area contributed by atoms with Crippen LogP contribution in [0.3, 0.4) is 0 Å². The molecule has 23 heteroatoms. The standard InChI is InChI=1S/C18H37O21PSi/c19-1-5(22)8(23)11(26)13(28)16(31)36-40(39-41,37-38-40)32-3-7-9(24)12(27)14(29)17(33-7)35-18(4-21)15(30)10(25)6(2-20)34-18/h5-17,19-31H,1-4H2,41H3/t5-,6-,7-,8-,9-,10-,11+,12+,13+,14-,15+,16?,17-,18+/m1/s1. The minimum absolute atomic E-state index is 0.271. The molecule has 0 radical (unpaired) electrons. The van der Waals surface area contributed by atoms with Crippen molar-refractivity contribution in [1.82, 2.24) is 0 Å². The van der Waals surface area contributed by atoms with Crippen LogP contribution in [0.5, 0.6) is 0 Å². The second kappa shape index (κ2) is 13.4. The van der Waals surface area contributed by atoms with Crippen LogP contribution >= 0.6 is 7.74 Å². The van der Waals surface area contributed by atoms with Crippen LogP contribution in [0.1, 0.15) is 0 Å². The van der Waals surface area contributed by atoms with E-state index in [0.29, 0.717) is 0 Å². The van der Waals surface area contributed by atoms with Crippen LogP contribution in [0.2, 0.25) is 0 Å². The van der Waals surface area contributed by atoms with E-state index in [0.717, 1.165) is 0 Å². The number of aliphatic hydroxyl groups excluding tert-OH is 13. The van der Waals surface area contributed by atoms with Crippen molar-refractivity contribution < 1.29 is 103 Å². The van der Waals surface area contributed by atoms with Gasteiger partial charge >= 0.3 is 233 Å². The Hall–Kier alpha value is -0.193. The second-order valence-corrected chi connectivity index (χ2v) is 13.2. The van der Waals surface area contributed by atoms with Gasteiger partial charge in [0, 0.05) is 0 Å². The third-order valence-electron chi connectivity index (χ3n) is 6.75. The summed E-state index contributed by atoms with van der Waals surface area (Å²) in [6, 6.07) is 0. The Morgan fingerprint density at radius 2 is 1.44 bits per heavy atom. The van der Waals surface area contributed by atoms with Gasteiger partial charge in [0.15, 0.2) is 0 Å². The summed E-state index contributed by atoms with van der Waals surface area (Å²) in [5.74, 6) is -2.44. The zero-order valence-corrected chi connectivity index (χ0v) is 24.3. The van der Waals surface area contributed by atoms with Gasteiger partial charge in [-0.2, -0.15) is 0 Å². The summed E-state index contributed by atoms with van der Waals surface area (Å²) in [5, 5.41) is 129. The quantitative estimate of drug-likeness (QED) is 0.0258. The van der Waals surface area contributed by atoms with Crippen LogP contribution in [0.15, 0.2) is 0 Å². The van der Waals surface area contributed by atoms with Crippen molar-refractivity contribution in [1.29, 1.82) is 0 Å². The van der Waals surface area contributed by atoms with E-state index < -0.39 is 120 Å². The van der Waals surface area contributed by atoms with Crippen LogP contribution in [0.25, 0.3) is 0 Å². The maximum atomic E-state index is 10.4. The fourth-order valence-electron chi connectivity index (χ4n) is 4.06. The monoisotopic (exact) mass is 648 g/mol. The fourth-order valence-corrected chi connectivity index (χ4v) is 6.73. The predicted molar refractivity (Wildman–Crippen MR) is 126 cm³/mol. The molecular formula is C18H37O21PSi. The summed E-state index contributed by atoms with van der Waals surface area (Å²) < 4.78 is 41.0. The number of hydrogen-bond donors (Lipinski definition) is 13. The van der Waals surface area contributed by atoms with E-state index >= 15 is 0 Å². The van der Waals surface area contributed by atoms with Crippen LogP contribution in [0.4, 0.5) is 0 Å². The summed E-state index contributed by atoms with van der Waals surface area (Å²) in [6.45, 7) is -3.78. The number of aliphatic hydroxyl groups is 13. The van der Waals surface area contributed by atoms with E-state index in [9.17, 15) is 61.3 Å². The summed E-state index contributed by atoms with van der Waals surface area (Å²) >= 11 is 0. The first kappa shape index (κ1) is 35.3. The zero-order chi connectivity index (χ0) is 30.9. The average molecular weight is 649 g/mol. The molecule has 0 aromatic rings. The van der Waals surface area contributed by atoms with Crippen LogP contribution in [-0.4, -0.2) is 189 Å². The molecule has 244 valence electrons. The van der Waals surface area contributed by atoms with Gasteiger partial charge < -0.3 is 0 Å². The molecule has 3 saturated heterocycles. The third-order valence-corrected chi connectivity index (χ3v) is 10.8. The van der Waals surface area contributed by atoms with E-state index in [1.807, 2.05) is 0 Å². The van der Waals surface area contributed by atoms with Crippen molar-refractivity contribution in [3.05, 3.63) is 0 Å². The van der Waals surface area contributed by atoms with Gasteiger partial charge in [0.05, 0.1) is 0 Å². The molecule has 13 N–H and O–H groups in total. The Labute approximate surface area is 233 Å². The maximum absolute atomic E-state index is 10.4. The van der Waals surface area contributed by atoms with Gasteiger partial charge in [-0.1, -0.05) is 0 Å². The Kier molecular flexibility index (Phi) is 11.6. The molecule has 3 rings (SSSR count). The topological polar surface area (TPSA) is 343 Å². The molecule has 3 fully saturated rings. The van der Waals surface area contributed by atoms with E-state index in [2.05, 4.69) is 0 Å².